The molecule has 0 nitrogen and oxygen atoms in total. The van der Waals surface area contributed by atoms with E-state index in [1.807, 2.05) is 0 Å². The Morgan fingerprint density at radius 2 is 2.33 bits per heavy atom. The summed E-state index contributed by atoms with van der Waals surface area (Å²) in [6.07, 6.45) is 3.03. The van der Waals surface area contributed by atoms with E-state index >= 15 is 0 Å². The van der Waals surface area contributed by atoms with Crippen molar-refractivity contribution in [3.8, 4) is 0 Å². The van der Waals surface area contributed by atoms with E-state index < -0.39 is 0 Å². The summed E-state index contributed by atoms with van der Waals surface area (Å²) >= 11 is 0. The molecule has 0 atom stereocenters. The Labute approximate surface area is 36.3 Å². The standard InChI is InChI=1S/C5H5F/c1-2-3-4-5-6/h3-5H,1H2. The van der Waals surface area contributed by atoms with Crippen LogP contribution in [-0.4, -0.2) is 0 Å². The molecule has 32 valence electrons. The monoisotopic (exact) mass is 84.0 g/mol. The van der Waals surface area contributed by atoms with E-state index in [2.05, 4.69) is 12.3 Å². The zero-order valence-corrected chi connectivity index (χ0v) is 3.32. The molecule has 0 spiro atoms. The second-order valence-electron chi connectivity index (χ2n) is 0.689. The van der Waals surface area contributed by atoms with Crippen LogP contribution in [0.4, 0.5) is 4.39 Å². The van der Waals surface area contributed by atoms with Crippen LogP contribution in [0.1, 0.15) is 0 Å². The van der Waals surface area contributed by atoms with Crippen molar-refractivity contribution in [3.05, 3.63) is 30.8 Å². The van der Waals surface area contributed by atoms with Crippen molar-refractivity contribution in [2.75, 3.05) is 0 Å². The van der Waals surface area contributed by atoms with Gasteiger partial charge in [-0.2, -0.15) is 0 Å². The minimum absolute atomic E-state index is 0.429. The number of halogens is 1. The van der Waals surface area contributed by atoms with Crippen LogP contribution in [0.5, 0.6) is 0 Å². The van der Waals surface area contributed by atoms with Gasteiger partial charge in [0.25, 0.3) is 0 Å². The van der Waals surface area contributed by atoms with Crippen LogP contribution in [0.15, 0.2) is 30.8 Å². The van der Waals surface area contributed by atoms with Crippen molar-refractivity contribution in [1.29, 1.82) is 0 Å². The van der Waals surface area contributed by atoms with Gasteiger partial charge in [0.1, 0.15) is 0 Å². The molecule has 0 aliphatic heterocycles. The molecule has 0 bridgehead atoms. The summed E-state index contributed by atoms with van der Waals surface area (Å²) < 4.78 is 10.9. The van der Waals surface area contributed by atoms with Gasteiger partial charge in [-0.3, -0.25) is 0 Å². The smallest absolute Gasteiger partial charge is 0.0873 e. The summed E-state index contributed by atoms with van der Waals surface area (Å²) in [7, 11) is 0. The van der Waals surface area contributed by atoms with Crippen molar-refractivity contribution in [3.63, 3.8) is 0 Å². The van der Waals surface area contributed by atoms with Crippen molar-refractivity contribution < 1.29 is 4.39 Å². The van der Waals surface area contributed by atoms with E-state index in [1.165, 1.54) is 12.2 Å². The van der Waals surface area contributed by atoms with Crippen LogP contribution in [0.3, 0.4) is 0 Å². The fraction of sp³-hybridized carbons (Fsp3) is 0. The molecule has 0 aliphatic carbocycles. The normalized spacial score (nSPS) is 8.17. The molecule has 0 saturated heterocycles. The third-order valence-electron chi connectivity index (χ3n) is 0.287. The number of hydrogen-bond acceptors (Lipinski definition) is 0. The first-order chi connectivity index (χ1) is 2.91. The maximum Gasteiger partial charge on any atom is 0.0873 e. The first-order valence-electron chi connectivity index (χ1n) is 1.53. The maximum absolute atomic E-state index is 10.9. The second kappa shape index (κ2) is 4.19. The molecule has 0 aromatic carbocycles. The van der Waals surface area contributed by atoms with Crippen molar-refractivity contribution in [2.45, 2.75) is 0 Å². The minimum atomic E-state index is 0.429. The third kappa shape index (κ3) is 3.19. The Balaban J connectivity index is 3.33. The van der Waals surface area contributed by atoms with Crippen LogP contribution < -0.4 is 0 Å². The molecule has 0 heterocycles. The molecular formula is C5H5F. The maximum atomic E-state index is 10.9. The highest BCUT2D eigenvalue weighted by atomic mass is 19.1. The van der Waals surface area contributed by atoms with Gasteiger partial charge in [-0.1, -0.05) is 6.58 Å². The van der Waals surface area contributed by atoms with E-state index in [0.717, 1.165) is 0 Å². The average Bonchev–Trinajstić information content (AvgIpc) is 1.61. The van der Waals surface area contributed by atoms with Gasteiger partial charge in [-0.15, -0.1) is 5.73 Å². The predicted molar refractivity (Wildman–Crippen MR) is 24.0 cm³/mol. The van der Waals surface area contributed by atoms with Crippen LogP contribution in [0.25, 0.3) is 0 Å². The highest BCUT2D eigenvalue weighted by Gasteiger charge is 1.49. The molecule has 0 radical (unpaired) electrons. The molecule has 0 amide bonds. The highest BCUT2D eigenvalue weighted by molar-refractivity contribution is 4.96. The Hall–Kier alpha value is -0.810. The Kier molecular flexibility index (Phi) is 3.62. The van der Waals surface area contributed by atoms with Gasteiger partial charge in [-0.05, 0) is 12.2 Å². The second-order valence-corrected chi connectivity index (χ2v) is 0.689. The molecule has 6 heavy (non-hydrogen) atoms. The number of allylic oxidation sites excluding steroid dienone is 2. The van der Waals surface area contributed by atoms with Gasteiger partial charge in [-0.25, -0.2) is 4.39 Å². The summed E-state index contributed by atoms with van der Waals surface area (Å²) in [5, 5.41) is 0. The van der Waals surface area contributed by atoms with Gasteiger partial charge in [0.05, 0.1) is 6.33 Å². The average molecular weight is 84.1 g/mol. The van der Waals surface area contributed by atoms with E-state index in [9.17, 15) is 4.39 Å². The van der Waals surface area contributed by atoms with Gasteiger partial charge in [0.2, 0.25) is 0 Å². The van der Waals surface area contributed by atoms with Crippen LogP contribution >= 0.6 is 0 Å². The summed E-state index contributed by atoms with van der Waals surface area (Å²) in [5.41, 5.74) is 2.37. The van der Waals surface area contributed by atoms with Crippen molar-refractivity contribution in [1.82, 2.24) is 0 Å². The van der Waals surface area contributed by atoms with Crippen molar-refractivity contribution >= 4 is 0 Å². The fourth-order valence-electron chi connectivity index (χ4n) is 0.104. The Bertz CT molecular complexity index is 86.1. The Morgan fingerprint density at radius 1 is 1.67 bits per heavy atom. The lowest BCUT2D eigenvalue weighted by Gasteiger charge is -1.54. The molecule has 0 unspecified atom stereocenters. The number of rotatable bonds is 1. The van der Waals surface area contributed by atoms with Gasteiger partial charge in [0, 0.05) is 0 Å². The molecule has 0 aliphatic rings. The lowest BCUT2D eigenvalue weighted by atomic mass is 10.6. The Morgan fingerprint density at radius 3 is 2.50 bits per heavy atom. The van der Waals surface area contributed by atoms with Crippen LogP contribution in [0, 0.1) is 0 Å². The minimum Gasteiger partial charge on any atom is -0.216 e. The summed E-state index contributed by atoms with van der Waals surface area (Å²) in [4.78, 5) is 0. The van der Waals surface area contributed by atoms with Gasteiger partial charge < -0.3 is 0 Å². The summed E-state index contributed by atoms with van der Waals surface area (Å²) in [6, 6.07) is 0. The molecule has 0 saturated carbocycles. The quantitative estimate of drug-likeness (QED) is 0.335. The largest absolute Gasteiger partial charge is 0.216 e. The zero-order chi connectivity index (χ0) is 4.83. The fourth-order valence-corrected chi connectivity index (χ4v) is 0.104. The van der Waals surface area contributed by atoms with Crippen molar-refractivity contribution in [2.24, 2.45) is 0 Å². The SMILES string of the molecule is C=C=CC=CF. The molecule has 0 N–H and O–H groups in total. The van der Waals surface area contributed by atoms with E-state index in [0.29, 0.717) is 6.33 Å². The van der Waals surface area contributed by atoms with E-state index in [1.54, 1.807) is 0 Å². The van der Waals surface area contributed by atoms with Gasteiger partial charge >= 0.3 is 0 Å². The number of hydrogen-bond donors (Lipinski definition) is 0. The summed E-state index contributed by atoms with van der Waals surface area (Å²) in [6.45, 7) is 3.20. The highest BCUT2D eigenvalue weighted by Crippen LogP contribution is 1.70. The topological polar surface area (TPSA) is 0 Å². The van der Waals surface area contributed by atoms with E-state index in [-0.39, 0.29) is 0 Å². The van der Waals surface area contributed by atoms with Crippen LogP contribution in [0.2, 0.25) is 0 Å². The molecule has 0 aromatic rings. The summed E-state index contributed by atoms with van der Waals surface area (Å²) in [5.74, 6) is 0. The predicted octanol–water partition coefficient (Wildman–Crippen LogP) is 1.81. The molecular weight excluding hydrogens is 79.1 g/mol. The molecule has 0 rings (SSSR count). The molecule has 0 fully saturated rings. The zero-order valence-electron chi connectivity index (χ0n) is 3.32. The molecule has 0 aromatic heterocycles. The lowest BCUT2D eigenvalue weighted by Crippen LogP contribution is -1.33. The third-order valence-corrected chi connectivity index (χ3v) is 0.287. The van der Waals surface area contributed by atoms with Crippen LogP contribution in [-0.2, 0) is 0 Å². The molecule has 1 heteroatoms. The van der Waals surface area contributed by atoms with Gasteiger partial charge in [0.15, 0.2) is 0 Å². The first-order valence-corrected chi connectivity index (χ1v) is 1.53. The lowest BCUT2D eigenvalue weighted by molar-refractivity contribution is 0.721. The van der Waals surface area contributed by atoms with E-state index in [4.69, 9.17) is 0 Å². The first kappa shape index (κ1) is 5.19.